The SMILES string of the molecule is CC(C)OC(=O)Cc1cnc2ccc(Br)cc2c1Cl.CC(C)OC(=O)N(C)c1cnc2ccc(Br)cc2c1Cl.Nc1cnc2ccc(Br)cc2c1Cl.O=[N+]([O-])c1cnc2ccc(Br)cc2c1Cl. The molecule has 0 fully saturated rings. The third kappa shape index (κ3) is 14.3. The van der Waals surface area contributed by atoms with Gasteiger partial charge in [0.1, 0.15) is 11.2 Å². The zero-order valence-corrected chi connectivity index (χ0v) is 45.2. The van der Waals surface area contributed by atoms with Crippen LogP contribution in [0.5, 0.6) is 0 Å². The molecule has 0 unspecified atom stereocenters. The molecule has 8 aromatic rings. The van der Waals surface area contributed by atoms with E-state index in [1.807, 2.05) is 68.4 Å². The van der Waals surface area contributed by atoms with Crippen LogP contribution in [0.1, 0.15) is 33.3 Å². The minimum absolute atomic E-state index is 0.117. The number of hydrogen-bond acceptors (Lipinski definition) is 11. The molecule has 0 saturated carbocycles. The van der Waals surface area contributed by atoms with Crippen molar-refractivity contribution in [3.05, 3.63) is 151 Å². The number of carbonyl (C=O) groups excluding carboxylic acids is 2. The molecule has 1 amide bonds. The molecule has 4 heterocycles. The van der Waals surface area contributed by atoms with E-state index in [2.05, 4.69) is 83.7 Å². The molecule has 13 nitrogen and oxygen atoms in total. The van der Waals surface area contributed by atoms with Crippen molar-refractivity contribution in [2.45, 2.75) is 46.3 Å². The quantitative estimate of drug-likeness (QED) is 0.0952. The Hall–Kier alpha value is -4.46. The fraction of sp³-hybridized carbons (Fsp3) is 0.174. The lowest BCUT2D eigenvalue weighted by Crippen LogP contribution is -2.29. The predicted octanol–water partition coefficient (Wildman–Crippen LogP) is 15.6. The van der Waals surface area contributed by atoms with Gasteiger partial charge >= 0.3 is 17.7 Å². The van der Waals surface area contributed by atoms with Crippen LogP contribution >= 0.6 is 110 Å². The Kier molecular flexibility index (Phi) is 19.3. The highest BCUT2D eigenvalue weighted by atomic mass is 79.9. The molecule has 0 aliphatic rings. The highest BCUT2D eigenvalue weighted by molar-refractivity contribution is 9.11. The highest BCUT2D eigenvalue weighted by Crippen LogP contribution is 2.35. The van der Waals surface area contributed by atoms with Crippen LogP contribution in [0.25, 0.3) is 43.6 Å². The summed E-state index contributed by atoms with van der Waals surface area (Å²) in [5.41, 5.74) is 10.2. The van der Waals surface area contributed by atoms with Gasteiger partial charge in [0, 0.05) is 58.2 Å². The molecular weight excluding hydrogens is 1210 g/mol. The van der Waals surface area contributed by atoms with Crippen LogP contribution in [0.4, 0.5) is 21.9 Å². The average molecular weight is 1250 g/mol. The number of nitro groups is 1. The van der Waals surface area contributed by atoms with Crippen LogP contribution < -0.4 is 10.6 Å². The van der Waals surface area contributed by atoms with Gasteiger partial charge in [-0.25, -0.2) is 9.78 Å². The largest absolute Gasteiger partial charge is 0.463 e. The van der Waals surface area contributed by atoms with Crippen molar-refractivity contribution in [3.8, 4) is 0 Å². The molecule has 0 bridgehead atoms. The highest BCUT2D eigenvalue weighted by Gasteiger charge is 2.20. The molecule has 0 spiro atoms. The summed E-state index contributed by atoms with van der Waals surface area (Å²) in [7, 11) is 1.61. The number of ether oxygens (including phenoxy) is 2. The van der Waals surface area contributed by atoms with Crippen molar-refractivity contribution < 1.29 is 24.0 Å². The van der Waals surface area contributed by atoms with E-state index in [0.717, 1.165) is 50.6 Å². The smallest absolute Gasteiger partial charge is 0.414 e. The lowest BCUT2D eigenvalue weighted by atomic mass is 10.1. The number of nitrogens with zero attached hydrogens (tertiary/aromatic N) is 6. The van der Waals surface area contributed by atoms with Gasteiger partial charge in [0.25, 0.3) is 0 Å². The topological polar surface area (TPSA) is 177 Å². The number of amides is 1. The Balaban J connectivity index is 0.000000169. The Labute approximate surface area is 438 Å². The Bertz CT molecular complexity index is 3150. The molecule has 0 atom stereocenters. The second-order valence-corrected chi connectivity index (χ2v) is 19.8. The number of hydrogen-bond donors (Lipinski definition) is 1. The van der Waals surface area contributed by atoms with Crippen LogP contribution in [0.15, 0.2) is 115 Å². The molecule has 348 valence electrons. The number of esters is 1. The van der Waals surface area contributed by atoms with Gasteiger partial charge < -0.3 is 15.2 Å². The normalized spacial score (nSPS) is 10.8. The molecule has 2 N–H and O–H groups in total. The number of carbonyl (C=O) groups is 2. The molecule has 4 aromatic carbocycles. The van der Waals surface area contributed by atoms with Gasteiger partial charge in [-0.15, -0.1) is 0 Å². The van der Waals surface area contributed by atoms with Crippen LogP contribution in [-0.2, 0) is 20.7 Å². The molecule has 0 saturated heterocycles. The van der Waals surface area contributed by atoms with Crippen LogP contribution in [0.2, 0.25) is 20.1 Å². The third-order valence-corrected chi connectivity index (χ3v) is 12.6. The molecule has 67 heavy (non-hydrogen) atoms. The van der Waals surface area contributed by atoms with Gasteiger partial charge in [-0.3, -0.25) is 34.8 Å². The Morgan fingerprint density at radius 2 is 1.03 bits per heavy atom. The van der Waals surface area contributed by atoms with E-state index in [1.165, 1.54) is 11.1 Å². The van der Waals surface area contributed by atoms with E-state index in [0.29, 0.717) is 42.9 Å². The summed E-state index contributed by atoms with van der Waals surface area (Å²) in [6, 6.07) is 22.3. The van der Waals surface area contributed by atoms with E-state index >= 15 is 0 Å². The Morgan fingerprint density at radius 3 is 1.49 bits per heavy atom. The summed E-state index contributed by atoms with van der Waals surface area (Å²) >= 11 is 38.1. The van der Waals surface area contributed by atoms with E-state index in [9.17, 15) is 19.7 Å². The molecule has 21 heteroatoms. The van der Waals surface area contributed by atoms with Crippen molar-refractivity contribution in [1.82, 2.24) is 19.9 Å². The van der Waals surface area contributed by atoms with Crippen LogP contribution in [0.3, 0.4) is 0 Å². The molecule has 0 aliphatic carbocycles. The van der Waals surface area contributed by atoms with Gasteiger partial charge in [0.05, 0.1) is 84.5 Å². The summed E-state index contributed by atoms with van der Waals surface area (Å²) in [4.78, 5) is 51.7. The number of nitrogen functional groups attached to an aromatic ring is 1. The fourth-order valence-electron chi connectivity index (χ4n) is 5.89. The number of pyridine rings is 4. The number of halogens is 8. The van der Waals surface area contributed by atoms with Gasteiger partial charge in [-0.05, 0) is 100 Å². The second-order valence-electron chi connectivity index (χ2n) is 14.6. The summed E-state index contributed by atoms with van der Waals surface area (Å²) in [5, 5.41) is 15.4. The molecule has 0 radical (unpaired) electrons. The number of aromatic nitrogens is 4. The van der Waals surface area contributed by atoms with E-state index < -0.39 is 11.0 Å². The third-order valence-electron chi connectivity index (χ3n) is 8.99. The first-order chi connectivity index (χ1) is 31.6. The molecule has 8 rings (SSSR count). The van der Waals surface area contributed by atoms with Gasteiger partial charge in [-0.2, -0.15) is 0 Å². The summed E-state index contributed by atoms with van der Waals surface area (Å²) in [6.45, 7) is 7.22. The summed E-state index contributed by atoms with van der Waals surface area (Å²) < 4.78 is 13.9. The van der Waals surface area contributed by atoms with Gasteiger partial charge in [-0.1, -0.05) is 110 Å². The maximum Gasteiger partial charge on any atom is 0.414 e. The first-order valence-electron chi connectivity index (χ1n) is 19.6. The Morgan fingerprint density at radius 1 is 0.627 bits per heavy atom. The maximum atomic E-state index is 11.9. The van der Waals surface area contributed by atoms with Crippen molar-refractivity contribution in [1.29, 1.82) is 0 Å². The molecule has 0 aliphatic heterocycles. The number of anilines is 2. The van der Waals surface area contributed by atoms with Crippen molar-refractivity contribution >= 4 is 183 Å². The number of benzene rings is 4. The standard InChI is InChI=1S/C14H14BrClN2O2.C14H13BrClNO2.C9H4BrClN2O2.C9H6BrClN2/c1-8(2)20-14(19)18(3)12-7-17-11-5-4-9(15)6-10(11)13(12)16;1-8(2)19-13(18)5-9-7-17-12-4-3-10(15)6-11(12)14(9)16;10-5-1-2-7-6(3-5)9(11)8(4-12-7)13(14)15;10-5-1-2-8-6(3-5)9(11)7(12)4-13-8/h4-8H,1-3H3;3-4,6-8H,5H2,1-2H3;1-4H;1-4H,12H2. The van der Waals surface area contributed by atoms with Crippen molar-refractivity contribution in [2.24, 2.45) is 0 Å². The lowest BCUT2D eigenvalue weighted by molar-refractivity contribution is -0.384. The maximum absolute atomic E-state index is 11.9. The molecule has 4 aromatic heterocycles. The summed E-state index contributed by atoms with van der Waals surface area (Å²) in [6.07, 6.45) is 5.28. The van der Waals surface area contributed by atoms with E-state index in [-0.39, 0.29) is 35.3 Å². The average Bonchev–Trinajstić information content (AvgIpc) is 3.27. The van der Waals surface area contributed by atoms with Gasteiger partial charge in [0.2, 0.25) is 0 Å². The van der Waals surface area contributed by atoms with Crippen LogP contribution in [-0.4, -0.2) is 56.2 Å². The minimum atomic E-state index is -0.546. The predicted molar refractivity (Wildman–Crippen MR) is 284 cm³/mol. The molecular formula is C46H37Br4Cl4N7O6. The minimum Gasteiger partial charge on any atom is -0.463 e. The first kappa shape index (κ1) is 53.5. The van der Waals surface area contributed by atoms with Gasteiger partial charge in [0.15, 0.2) is 0 Å². The lowest BCUT2D eigenvalue weighted by Gasteiger charge is -2.20. The number of fused-ring (bicyclic) bond motifs is 4. The summed E-state index contributed by atoms with van der Waals surface area (Å²) in [5.74, 6) is -0.298. The number of nitrogens with two attached hydrogens (primary N) is 1. The number of rotatable bonds is 6. The van der Waals surface area contributed by atoms with E-state index in [4.69, 9.17) is 61.6 Å². The fourth-order valence-corrected chi connectivity index (χ4v) is 8.40. The monoisotopic (exact) mass is 1240 g/mol. The van der Waals surface area contributed by atoms with E-state index in [1.54, 1.807) is 57.7 Å². The van der Waals surface area contributed by atoms with Crippen molar-refractivity contribution in [2.75, 3.05) is 17.7 Å². The van der Waals surface area contributed by atoms with Crippen LogP contribution in [0, 0.1) is 10.1 Å². The second kappa shape index (κ2) is 24.2. The van der Waals surface area contributed by atoms with Crippen molar-refractivity contribution in [3.63, 3.8) is 0 Å². The zero-order valence-electron chi connectivity index (χ0n) is 35.8. The first-order valence-corrected chi connectivity index (χ1v) is 24.3. The zero-order chi connectivity index (χ0) is 49.3.